The Morgan fingerprint density at radius 3 is 1.45 bits per heavy atom. The number of rotatable bonds is 6. The van der Waals surface area contributed by atoms with Gasteiger partial charge in [-0.25, -0.2) is 0 Å². The summed E-state index contributed by atoms with van der Waals surface area (Å²) in [5.41, 5.74) is 5.13. The Morgan fingerprint density at radius 2 is 1.15 bits per heavy atom. The van der Waals surface area contributed by atoms with E-state index < -0.39 is 0 Å². The summed E-state index contributed by atoms with van der Waals surface area (Å²) >= 11 is 0. The zero-order valence-corrected chi connectivity index (χ0v) is 13.4. The maximum absolute atomic E-state index is 3.27. The molecule has 0 aliphatic heterocycles. The highest BCUT2D eigenvalue weighted by Gasteiger charge is 2.07. The summed E-state index contributed by atoms with van der Waals surface area (Å²) in [6.07, 6.45) is 7.06. The molecule has 0 atom stereocenters. The van der Waals surface area contributed by atoms with E-state index in [1.54, 1.807) is 0 Å². The van der Waals surface area contributed by atoms with Crippen LogP contribution in [0.5, 0.6) is 0 Å². The minimum Gasteiger partial charge on any atom is -0.101 e. The maximum atomic E-state index is 3.27. The third-order valence-corrected chi connectivity index (χ3v) is 3.45. The zero-order valence-electron chi connectivity index (χ0n) is 13.4. The predicted molar refractivity (Wildman–Crippen MR) is 88.8 cm³/mol. The van der Waals surface area contributed by atoms with E-state index in [1.807, 2.05) is 13.8 Å². The molecule has 0 aromatic heterocycles. The Kier molecular flexibility index (Phi) is 7.60. The second-order valence-electron chi connectivity index (χ2n) is 5.12. The van der Waals surface area contributed by atoms with Gasteiger partial charge in [0, 0.05) is 11.1 Å². The van der Waals surface area contributed by atoms with Gasteiger partial charge in [0.25, 0.3) is 0 Å². The van der Waals surface area contributed by atoms with Crippen LogP contribution in [0.2, 0.25) is 0 Å². The molecule has 20 heavy (non-hydrogen) atoms. The highest BCUT2D eigenvalue weighted by molar-refractivity contribution is 5.52. The van der Waals surface area contributed by atoms with E-state index >= 15 is 0 Å². The summed E-state index contributed by atoms with van der Waals surface area (Å²) in [5, 5.41) is 0. The number of unbranched alkanes of at least 4 members (excludes halogenated alkanes) is 2. The van der Waals surface area contributed by atoms with Crippen molar-refractivity contribution >= 4 is 0 Å². The molecule has 0 saturated carbocycles. The molecule has 1 aromatic carbocycles. The fourth-order valence-corrected chi connectivity index (χ4v) is 2.34. The van der Waals surface area contributed by atoms with Crippen LogP contribution in [0.3, 0.4) is 0 Å². The molecule has 0 heteroatoms. The fourth-order valence-electron chi connectivity index (χ4n) is 2.34. The first-order valence-electron chi connectivity index (χ1n) is 7.78. The van der Waals surface area contributed by atoms with Gasteiger partial charge in [-0.05, 0) is 62.8 Å². The van der Waals surface area contributed by atoms with E-state index in [1.165, 1.54) is 47.9 Å². The van der Waals surface area contributed by atoms with Crippen LogP contribution in [0.4, 0.5) is 0 Å². The molecule has 0 fully saturated rings. The molecule has 106 valence electrons. The van der Waals surface area contributed by atoms with Crippen molar-refractivity contribution in [3.8, 4) is 23.7 Å². The third-order valence-electron chi connectivity index (χ3n) is 3.45. The van der Waals surface area contributed by atoms with Gasteiger partial charge in [-0.2, -0.15) is 0 Å². The molecule has 0 radical (unpaired) electrons. The molecular weight excluding hydrogens is 240 g/mol. The summed E-state index contributed by atoms with van der Waals surface area (Å²) in [7, 11) is 0. The van der Waals surface area contributed by atoms with E-state index in [0.29, 0.717) is 0 Å². The van der Waals surface area contributed by atoms with Crippen LogP contribution in [0.25, 0.3) is 0 Å². The quantitative estimate of drug-likeness (QED) is 0.627. The van der Waals surface area contributed by atoms with Crippen LogP contribution in [0.15, 0.2) is 12.1 Å². The Morgan fingerprint density at radius 1 is 0.750 bits per heavy atom. The van der Waals surface area contributed by atoms with Crippen molar-refractivity contribution in [2.24, 2.45) is 0 Å². The number of hydrogen-bond donors (Lipinski definition) is 0. The summed E-state index contributed by atoms with van der Waals surface area (Å²) in [4.78, 5) is 0. The Balaban J connectivity index is 3.24. The maximum Gasteiger partial charge on any atom is 0.0280 e. The number of hydrogen-bond acceptors (Lipinski definition) is 0. The molecule has 0 aliphatic rings. The summed E-state index contributed by atoms with van der Waals surface area (Å²) in [6, 6.07) is 4.55. The highest BCUT2D eigenvalue weighted by atomic mass is 14.1. The summed E-state index contributed by atoms with van der Waals surface area (Å²) in [5.74, 6) is 12.6. The molecule has 0 heterocycles. The van der Waals surface area contributed by atoms with Gasteiger partial charge < -0.3 is 0 Å². The number of aryl methyl sites for hydroxylation is 2. The van der Waals surface area contributed by atoms with Crippen LogP contribution in [-0.4, -0.2) is 0 Å². The zero-order chi connectivity index (χ0) is 14.8. The molecule has 1 aromatic rings. The van der Waals surface area contributed by atoms with Gasteiger partial charge >= 0.3 is 0 Å². The van der Waals surface area contributed by atoms with Crippen molar-refractivity contribution in [2.45, 2.75) is 66.2 Å². The fraction of sp³-hybridized carbons (Fsp3) is 0.500. The van der Waals surface area contributed by atoms with Gasteiger partial charge in [0.1, 0.15) is 0 Å². The van der Waals surface area contributed by atoms with Crippen LogP contribution in [0.1, 0.15) is 75.6 Å². The average molecular weight is 266 g/mol. The molecule has 1 rings (SSSR count). The molecule has 0 unspecified atom stereocenters. The van der Waals surface area contributed by atoms with Gasteiger partial charge in [-0.15, -0.1) is 11.8 Å². The van der Waals surface area contributed by atoms with Crippen LogP contribution >= 0.6 is 0 Å². The summed E-state index contributed by atoms with van der Waals surface area (Å²) < 4.78 is 0. The topological polar surface area (TPSA) is 0 Å². The third kappa shape index (κ3) is 4.79. The van der Waals surface area contributed by atoms with Crippen molar-refractivity contribution < 1.29 is 0 Å². The first-order valence-corrected chi connectivity index (χ1v) is 7.78. The average Bonchev–Trinajstić information content (AvgIpc) is 2.46. The lowest BCUT2D eigenvalue weighted by Crippen LogP contribution is -1.98. The SMILES string of the molecule is CC#Cc1cc(CCCC)c(C#CC)cc1CCCC. The first-order chi connectivity index (χ1) is 9.76. The molecule has 0 spiro atoms. The van der Waals surface area contributed by atoms with Crippen molar-refractivity contribution in [3.05, 3.63) is 34.4 Å². The molecule has 0 nitrogen and oxygen atoms in total. The van der Waals surface area contributed by atoms with Crippen LogP contribution in [0, 0.1) is 23.7 Å². The van der Waals surface area contributed by atoms with Gasteiger partial charge in [0.05, 0.1) is 0 Å². The molecule has 0 amide bonds. The van der Waals surface area contributed by atoms with Gasteiger partial charge in [0.2, 0.25) is 0 Å². The van der Waals surface area contributed by atoms with E-state index in [-0.39, 0.29) is 0 Å². The molecule has 0 bridgehead atoms. The van der Waals surface area contributed by atoms with E-state index in [4.69, 9.17) is 0 Å². The normalized spacial score (nSPS) is 9.40. The van der Waals surface area contributed by atoms with E-state index in [2.05, 4.69) is 49.7 Å². The number of benzene rings is 1. The largest absolute Gasteiger partial charge is 0.101 e. The minimum atomic E-state index is 1.10. The summed E-state index contributed by atoms with van der Waals surface area (Å²) in [6.45, 7) is 8.28. The second-order valence-corrected chi connectivity index (χ2v) is 5.12. The Bertz CT molecular complexity index is 489. The van der Waals surface area contributed by atoms with Crippen molar-refractivity contribution in [1.29, 1.82) is 0 Å². The molecular formula is C20H26. The van der Waals surface area contributed by atoms with Gasteiger partial charge in [-0.3, -0.25) is 0 Å². The molecule has 0 N–H and O–H groups in total. The van der Waals surface area contributed by atoms with Crippen LogP contribution in [-0.2, 0) is 12.8 Å². The minimum absolute atomic E-state index is 1.10. The standard InChI is InChI=1S/C20H26/c1-5-9-13-19-15-18(12-8-4)20(14-10-6-2)16-17(19)11-7-3/h15-16H,5-6,9-10,13-14H2,1-4H3. The van der Waals surface area contributed by atoms with Crippen molar-refractivity contribution in [1.82, 2.24) is 0 Å². The monoisotopic (exact) mass is 266 g/mol. The van der Waals surface area contributed by atoms with E-state index in [9.17, 15) is 0 Å². The lowest BCUT2D eigenvalue weighted by atomic mass is 9.93. The second kappa shape index (κ2) is 9.28. The molecule has 0 aliphatic carbocycles. The smallest absolute Gasteiger partial charge is 0.0280 e. The first kappa shape index (κ1) is 16.4. The molecule has 0 saturated heterocycles. The lowest BCUT2D eigenvalue weighted by Gasteiger charge is -2.11. The lowest BCUT2D eigenvalue weighted by molar-refractivity contribution is 0.783. The van der Waals surface area contributed by atoms with E-state index in [0.717, 1.165) is 12.8 Å². The highest BCUT2D eigenvalue weighted by Crippen LogP contribution is 2.20. The van der Waals surface area contributed by atoms with Gasteiger partial charge in [-0.1, -0.05) is 38.5 Å². The van der Waals surface area contributed by atoms with Crippen LogP contribution < -0.4 is 0 Å². The Labute approximate surface area is 125 Å². The van der Waals surface area contributed by atoms with Crippen molar-refractivity contribution in [2.75, 3.05) is 0 Å². The predicted octanol–water partition coefficient (Wildman–Crippen LogP) is 5.11. The Hall–Kier alpha value is -1.66. The van der Waals surface area contributed by atoms with Crippen molar-refractivity contribution in [3.63, 3.8) is 0 Å². The van der Waals surface area contributed by atoms with Gasteiger partial charge in [0.15, 0.2) is 0 Å².